The number of hydrogen-bond acceptors (Lipinski definition) is 2. The summed E-state index contributed by atoms with van der Waals surface area (Å²) in [5, 5.41) is 0. The molecule has 4 heteroatoms. The molecule has 19 heavy (non-hydrogen) atoms. The number of carbonyl (C=O) groups is 1. The molecule has 0 spiro atoms. The van der Waals surface area contributed by atoms with E-state index >= 15 is 0 Å². The number of hydrogen-bond donors (Lipinski definition) is 1. The number of thiocarbonyl (C=S) groups is 1. The molecule has 0 aromatic rings. The van der Waals surface area contributed by atoms with Crippen LogP contribution < -0.4 is 5.73 Å². The highest BCUT2D eigenvalue weighted by molar-refractivity contribution is 7.80. The molecule has 0 bridgehead atoms. The lowest BCUT2D eigenvalue weighted by atomic mass is 10.1. The van der Waals surface area contributed by atoms with E-state index in [0.29, 0.717) is 11.4 Å². The molecule has 110 valence electrons. The zero-order valence-electron chi connectivity index (χ0n) is 12.2. The normalized spacial score (nSPS) is 18.8. The predicted molar refractivity (Wildman–Crippen MR) is 84.1 cm³/mol. The minimum atomic E-state index is 0.0204. The molecule has 3 nitrogen and oxygen atoms in total. The van der Waals surface area contributed by atoms with Crippen LogP contribution in [-0.4, -0.2) is 28.4 Å². The second kappa shape index (κ2) is 9.29. The van der Waals surface area contributed by atoms with Crippen LogP contribution in [0.1, 0.15) is 71.1 Å². The number of unbranched alkanes of at least 4 members (excludes halogenated alkanes) is 6. The highest BCUT2D eigenvalue weighted by atomic mass is 32.1. The molecule has 1 aliphatic heterocycles. The molecule has 0 aliphatic carbocycles. The van der Waals surface area contributed by atoms with E-state index in [2.05, 4.69) is 6.92 Å². The van der Waals surface area contributed by atoms with E-state index in [9.17, 15) is 4.79 Å². The fraction of sp³-hybridized carbons (Fsp3) is 0.867. The van der Waals surface area contributed by atoms with Gasteiger partial charge in [0.1, 0.15) is 0 Å². The summed E-state index contributed by atoms with van der Waals surface area (Å²) in [6.45, 7) is 3.06. The molecule has 1 unspecified atom stereocenters. The van der Waals surface area contributed by atoms with Gasteiger partial charge in [0.15, 0.2) is 0 Å². The molecular formula is C15H28N2OS. The van der Waals surface area contributed by atoms with E-state index in [1.54, 1.807) is 0 Å². The monoisotopic (exact) mass is 284 g/mol. The van der Waals surface area contributed by atoms with E-state index in [-0.39, 0.29) is 11.9 Å². The van der Waals surface area contributed by atoms with Crippen molar-refractivity contribution in [3.8, 4) is 0 Å². The Morgan fingerprint density at radius 3 is 2.47 bits per heavy atom. The highest BCUT2D eigenvalue weighted by Crippen LogP contribution is 2.19. The summed E-state index contributed by atoms with van der Waals surface area (Å²) in [6.07, 6.45) is 11.3. The van der Waals surface area contributed by atoms with E-state index < -0.39 is 0 Å². The minimum Gasteiger partial charge on any atom is -0.392 e. The maximum absolute atomic E-state index is 12.1. The number of nitrogens with zero attached hydrogens (tertiary/aromatic N) is 1. The molecule has 1 atom stereocenters. The summed E-state index contributed by atoms with van der Waals surface area (Å²) in [4.78, 5) is 14.5. The number of nitrogens with two attached hydrogens (primary N) is 1. The smallest absolute Gasteiger partial charge is 0.223 e. The van der Waals surface area contributed by atoms with Gasteiger partial charge in [0, 0.05) is 13.0 Å². The molecule has 0 saturated carbocycles. The summed E-state index contributed by atoms with van der Waals surface area (Å²) < 4.78 is 0. The summed E-state index contributed by atoms with van der Waals surface area (Å²) in [7, 11) is 0. The summed E-state index contributed by atoms with van der Waals surface area (Å²) in [6, 6.07) is 0.0204. The fourth-order valence-corrected chi connectivity index (χ4v) is 2.98. The van der Waals surface area contributed by atoms with Crippen LogP contribution in [0.4, 0.5) is 0 Å². The van der Waals surface area contributed by atoms with Gasteiger partial charge in [-0.3, -0.25) is 4.79 Å². The number of carbonyl (C=O) groups excluding carboxylic acids is 1. The predicted octanol–water partition coefficient (Wildman–Crippen LogP) is 3.40. The van der Waals surface area contributed by atoms with Gasteiger partial charge in [0.2, 0.25) is 5.91 Å². The molecule has 0 aromatic heterocycles. The SMILES string of the molecule is CCCCCCCCCC(=O)N1CCCC1C(N)=S. The van der Waals surface area contributed by atoms with Crippen molar-refractivity contribution in [3.63, 3.8) is 0 Å². The zero-order chi connectivity index (χ0) is 14.1. The van der Waals surface area contributed by atoms with Crippen LogP contribution in [0, 0.1) is 0 Å². The lowest BCUT2D eigenvalue weighted by molar-refractivity contribution is -0.131. The van der Waals surface area contributed by atoms with Gasteiger partial charge in [-0.25, -0.2) is 0 Å². The van der Waals surface area contributed by atoms with Crippen LogP contribution >= 0.6 is 12.2 Å². The van der Waals surface area contributed by atoms with Crippen molar-refractivity contribution in [3.05, 3.63) is 0 Å². The number of amides is 1. The standard InChI is InChI=1S/C15H28N2OS/c1-2-3-4-5-6-7-8-11-14(18)17-12-9-10-13(17)15(16)19/h13H,2-12H2,1H3,(H2,16,19). The van der Waals surface area contributed by atoms with Crippen LogP contribution in [0.3, 0.4) is 0 Å². The van der Waals surface area contributed by atoms with Crippen LogP contribution in [0.2, 0.25) is 0 Å². The molecule has 1 aliphatic rings. The van der Waals surface area contributed by atoms with Gasteiger partial charge in [0.05, 0.1) is 11.0 Å². The number of rotatable bonds is 9. The maximum Gasteiger partial charge on any atom is 0.223 e. The van der Waals surface area contributed by atoms with Gasteiger partial charge in [-0.2, -0.15) is 0 Å². The van der Waals surface area contributed by atoms with E-state index in [0.717, 1.165) is 25.8 Å². The third-order valence-electron chi connectivity index (χ3n) is 3.90. The second-order valence-corrected chi connectivity index (χ2v) is 5.99. The van der Waals surface area contributed by atoms with Crippen molar-refractivity contribution in [1.29, 1.82) is 0 Å². The maximum atomic E-state index is 12.1. The molecule has 1 rings (SSSR count). The minimum absolute atomic E-state index is 0.0204. The molecule has 1 saturated heterocycles. The Bertz CT molecular complexity index is 294. The lowest BCUT2D eigenvalue weighted by Gasteiger charge is -2.23. The van der Waals surface area contributed by atoms with Crippen LogP contribution in [0.25, 0.3) is 0 Å². The average Bonchev–Trinajstić information content (AvgIpc) is 2.87. The Morgan fingerprint density at radius 1 is 1.21 bits per heavy atom. The van der Waals surface area contributed by atoms with Crippen LogP contribution in [0.15, 0.2) is 0 Å². The Kier molecular flexibility index (Phi) is 8.03. The summed E-state index contributed by atoms with van der Waals surface area (Å²) in [5.74, 6) is 0.240. The van der Waals surface area contributed by atoms with Crippen LogP contribution in [0.5, 0.6) is 0 Å². The topological polar surface area (TPSA) is 46.3 Å². The first-order chi connectivity index (χ1) is 9.16. The second-order valence-electron chi connectivity index (χ2n) is 5.52. The molecular weight excluding hydrogens is 256 g/mol. The Labute approximate surface area is 122 Å². The van der Waals surface area contributed by atoms with Gasteiger partial charge >= 0.3 is 0 Å². The first-order valence-electron chi connectivity index (χ1n) is 7.75. The average molecular weight is 284 g/mol. The Hall–Kier alpha value is -0.640. The van der Waals surface area contributed by atoms with Crippen molar-refractivity contribution < 1.29 is 4.79 Å². The Balaban J connectivity index is 2.12. The fourth-order valence-electron chi connectivity index (χ4n) is 2.74. The van der Waals surface area contributed by atoms with Gasteiger partial charge in [-0.15, -0.1) is 0 Å². The number of likely N-dealkylation sites (tertiary alicyclic amines) is 1. The molecule has 1 fully saturated rings. The van der Waals surface area contributed by atoms with Gasteiger partial charge in [0.25, 0.3) is 0 Å². The first kappa shape index (κ1) is 16.4. The van der Waals surface area contributed by atoms with Crippen molar-refractivity contribution in [1.82, 2.24) is 4.90 Å². The quantitative estimate of drug-likeness (QED) is 0.521. The van der Waals surface area contributed by atoms with Crippen molar-refractivity contribution >= 4 is 23.1 Å². The summed E-state index contributed by atoms with van der Waals surface area (Å²) >= 11 is 5.03. The lowest BCUT2D eigenvalue weighted by Crippen LogP contribution is -2.42. The molecule has 2 N–H and O–H groups in total. The zero-order valence-corrected chi connectivity index (χ0v) is 13.0. The third-order valence-corrected chi connectivity index (χ3v) is 4.17. The molecule has 0 aromatic carbocycles. The van der Waals surface area contributed by atoms with Gasteiger partial charge in [-0.1, -0.05) is 57.7 Å². The first-order valence-corrected chi connectivity index (χ1v) is 8.16. The van der Waals surface area contributed by atoms with Crippen molar-refractivity contribution in [2.24, 2.45) is 5.73 Å². The van der Waals surface area contributed by atoms with E-state index in [1.807, 2.05) is 4.90 Å². The highest BCUT2D eigenvalue weighted by Gasteiger charge is 2.29. The molecule has 1 amide bonds. The van der Waals surface area contributed by atoms with Gasteiger partial charge in [-0.05, 0) is 19.3 Å². The van der Waals surface area contributed by atoms with Crippen molar-refractivity contribution in [2.75, 3.05) is 6.54 Å². The largest absolute Gasteiger partial charge is 0.392 e. The third kappa shape index (κ3) is 5.89. The van der Waals surface area contributed by atoms with Gasteiger partial charge < -0.3 is 10.6 Å². The van der Waals surface area contributed by atoms with Crippen molar-refractivity contribution in [2.45, 2.75) is 77.2 Å². The molecule has 1 heterocycles. The molecule has 0 radical (unpaired) electrons. The Morgan fingerprint density at radius 2 is 1.84 bits per heavy atom. The van der Waals surface area contributed by atoms with E-state index in [4.69, 9.17) is 18.0 Å². The van der Waals surface area contributed by atoms with E-state index in [1.165, 1.54) is 38.5 Å². The van der Waals surface area contributed by atoms with Crippen LogP contribution in [-0.2, 0) is 4.79 Å². The summed E-state index contributed by atoms with van der Waals surface area (Å²) in [5.41, 5.74) is 5.69.